The highest BCUT2D eigenvalue weighted by Gasteiger charge is 2.15. The lowest BCUT2D eigenvalue weighted by Crippen LogP contribution is -2.39. The average molecular weight is 200 g/mol. The molecule has 0 aromatic carbocycles. The van der Waals surface area contributed by atoms with Crippen LogP contribution < -0.4 is 10.6 Å². The zero-order chi connectivity index (χ0) is 10.2. The minimum absolute atomic E-state index is 0.0750. The molecule has 1 atom stereocenters. The molecule has 1 rings (SSSR count). The van der Waals surface area contributed by atoms with Gasteiger partial charge in [0.2, 0.25) is 0 Å². The van der Waals surface area contributed by atoms with Crippen molar-refractivity contribution in [2.75, 3.05) is 19.7 Å². The summed E-state index contributed by atoms with van der Waals surface area (Å²) in [4.78, 5) is 11.2. The third kappa shape index (κ3) is 4.46. The first-order valence-corrected chi connectivity index (χ1v) is 5.46. The van der Waals surface area contributed by atoms with Crippen LogP contribution in [0.1, 0.15) is 32.6 Å². The Balaban J connectivity index is 1.96. The maximum atomic E-state index is 11.2. The second-order valence-corrected chi connectivity index (χ2v) is 3.63. The van der Waals surface area contributed by atoms with Gasteiger partial charge in [0, 0.05) is 19.7 Å². The molecule has 1 fully saturated rings. The third-order valence-electron chi connectivity index (χ3n) is 2.33. The molecule has 0 aliphatic carbocycles. The van der Waals surface area contributed by atoms with Gasteiger partial charge in [0.15, 0.2) is 0 Å². The van der Waals surface area contributed by atoms with Crippen LogP contribution in [0.2, 0.25) is 0 Å². The lowest BCUT2D eigenvalue weighted by Gasteiger charge is -2.11. The molecule has 2 N–H and O–H groups in total. The van der Waals surface area contributed by atoms with Crippen molar-refractivity contribution in [2.24, 2.45) is 0 Å². The Morgan fingerprint density at radius 3 is 3.00 bits per heavy atom. The summed E-state index contributed by atoms with van der Waals surface area (Å²) < 4.78 is 5.39. The van der Waals surface area contributed by atoms with E-state index in [0.717, 1.165) is 38.8 Å². The predicted octanol–water partition coefficient (Wildman–Crippen LogP) is 1.26. The summed E-state index contributed by atoms with van der Waals surface area (Å²) in [7, 11) is 0. The minimum Gasteiger partial charge on any atom is -0.376 e. The monoisotopic (exact) mass is 200 g/mol. The van der Waals surface area contributed by atoms with Gasteiger partial charge in [-0.15, -0.1) is 0 Å². The van der Waals surface area contributed by atoms with Crippen LogP contribution in [0.5, 0.6) is 0 Å². The second kappa shape index (κ2) is 6.65. The maximum Gasteiger partial charge on any atom is 0.314 e. The third-order valence-corrected chi connectivity index (χ3v) is 2.33. The van der Waals surface area contributed by atoms with Crippen LogP contribution in [-0.4, -0.2) is 31.8 Å². The van der Waals surface area contributed by atoms with Crippen LogP contribution in [0.4, 0.5) is 4.79 Å². The van der Waals surface area contributed by atoms with Crippen molar-refractivity contribution in [3.8, 4) is 0 Å². The summed E-state index contributed by atoms with van der Waals surface area (Å²) >= 11 is 0. The van der Waals surface area contributed by atoms with Crippen molar-refractivity contribution in [1.29, 1.82) is 0 Å². The van der Waals surface area contributed by atoms with Crippen molar-refractivity contribution >= 4 is 6.03 Å². The summed E-state index contributed by atoms with van der Waals surface area (Å²) in [6.07, 6.45) is 4.55. The molecule has 1 aliphatic heterocycles. The lowest BCUT2D eigenvalue weighted by molar-refractivity contribution is 0.111. The van der Waals surface area contributed by atoms with Crippen LogP contribution in [0.25, 0.3) is 0 Å². The van der Waals surface area contributed by atoms with E-state index in [4.69, 9.17) is 4.74 Å². The highest BCUT2D eigenvalue weighted by Crippen LogP contribution is 2.10. The Labute approximate surface area is 85.4 Å². The number of ether oxygens (including phenoxy) is 1. The molecular weight excluding hydrogens is 180 g/mol. The SMILES string of the molecule is CCCCNC(=O)NCC1CCCO1. The van der Waals surface area contributed by atoms with Gasteiger partial charge in [-0.25, -0.2) is 4.79 Å². The lowest BCUT2D eigenvalue weighted by atomic mass is 10.2. The van der Waals surface area contributed by atoms with E-state index in [9.17, 15) is 4.79 Å². The van der Waals surface area contributed by atoms with E-state index in [1.807, 2.05) is 0 Å². The zero-order valence-corrected chi connectivity index (χ0v) is 8.84. The van der Waals surface area contributed by atoms with E-state index in [2.05, 4.69) is 17.6 Å². The molecule has 0 aromatic rings. The van der Waals surface area contributed by atoms with Crippen LogP contribution in [0.15, 0.2) is 0 Å². The molecular formula is C10H20N2O2. The molecule has 1 heterocycles. The Morgan fingerprint density at radius 2 is 2.36 bits per heavy atom. The number of unbranched alkanes of at least 4 members (excludes halogenated alkanes) is 1. The number of hydrogen-bond donors (Lipinski definition) is 2. The Morgan fingerprint density at radius 1 is 1.50 bits per heavy atom. The van der Waals surface area contributed by atoms with E-state index in [-0.39, 0.29) is 12.1 Å². The number of carbonyl (C=O) groups is 1. The molecule has 0 saturated carbocycles. The predicted molar refractivity (Wildman–Crippen MR) is 55.3 cm³/mol. The number of rotatable bonds is 5. The average Bonchev–Trinajstić information content (AvgIpc) is 2.68. The number of nitrogens with one attached hydrogen (secondary N) is 2. The Hall–Kier alpha value is -0.770. The topological polar surface area (TPSA) is 50.4 Å². The fourth-order valence-electron chi connectivity index (χ4n) is 1.45. The normalized spacial score (nSPS) is 20.8. The highest BCUT2D eigenvalue weighted by atomic mass is 16.5. The van der Waals surface area contributed by atoms with E-state index >= 15 is 0 Å². The van der Waals surface area contributed by atoms with Crippen LogP contribution in [-0.2, 0) is 4.74 Å². The number of urea groups is 1. The van der Waals surface area contributed by atoms with E-state index in [0.29, 0.717) is 6.54 Å². The summed E-state index contributed by atoms with van der Waals surface area (Å²) in [6.45, 7) is 4.33. The van der Waals surface area contributed by atoms with Gasteiger partial charge < -0.3 is 15.4 Å². The largest absolute Gasteiger partial charge is 0.376 e. The van der Waals surface area contributed by atoms with Gasteiger partial charge in [0.25, 0.3) is 0 Å². The second-order valence-electron chi connectivity index (χ2n) is 3.63. The van der Waals surface area contributed by atoms with Crippen molar-refractivity contribution in [1.82, 2.24) is 10.6 Å². The first-order valence-electron chi connectivity index (χ1n) is 5.46. The first kappa shape index (κ1) is 11.3. The standard InChI is InChI=1S/C10H20N2O2/c1-2-3-6-11-10(13)12-8-9-5-4-7-14-9/h9H,2-8H2,1H3,(H2,11,12,13). The van der Waals surface area contributed by atoms with Crippen LogP contribution >= 0.6 is 0 Å². The molecule has 1 unspecified atom stereocenters. The van der Waals surface area contributed by atoms with E-state index < -0.39 is 0 Å². The van der Waals surface area contributed by atoms with Crippen molar-refractivity contribution in [2.45, 2.75) is 38.7 Å². The smallest absolute Gasteiger partial charge is 0.314 e. The summed E-state index contributed by atoms with van der Waals surface area (Å²) in [5.74, 6) is 0. The fraction of sp³-hybridized carbons (Fsp3) is 0.900. The van der Waals surface area contributed by atoms with Crippen molar-refractivity contribution in [3.63, 3.8) is 0 Å². The molecule has 0 aromatic heterocycles. The Bertz CT molecular complexity index is 168. The number of amides is 2. The zero-order valence-electron chi connectivity index (χ0n) is 8.84. The number of carbonyl (C=O) groups excluding carboxylic acids is 1. The van der Waals surface area contributed by atoms with Gasteiger partial charge >= 0.3 is 6.03 Å². The number of hydrogen-bond acceptors (Lipinski definition) is 2. The molecule has 0 bridgehead atoms. The molecule has 2 amide bonds. The quantitative estimate of drug-likeness (QED) is 0.656. The molecule has 82 valence electrons. The van der Waals surface area contributed by atoms with Crippen LogP contribution in [0.3, 0.4) is 0 Å². The van der Waals surface area contributed by atoms with Gasteiger partial charge in [0.1, 0.15) is 0 Å². The molecule has 0 radical (unpaired) electrons. The van der Waals surface area contributed by atoms with Gasteiger partial charge in [-0.1, -0.05) is 13.3 Å². The summed E-state index contributed by atoms with van der Waals surface area (Å²) in [5, 5.41) is 5.61. The van der Waals surface area contributed by atoms with Crippen molar-refractivity contribution in [3.05, 3.63) is 0 Å². The van der Waals surface area contributed by atoms with Gasteiger partial charge in [-0.2, -0.15) is 0 Å². The highest BCUT2D eigenvalue weighted by molar-refractivity contribution is 5.73. The first-order chi connectivity index (χ1) is 6.83. The molecule has 1 saturated heterocycles. The van der Waals surface area contributed by atoms with Crippen molar-refractivity contribution < 1.29 is 9.53 Å². The summed E-state index contributed by atoms with van der Waals surface area (Å²) in [5.41, 5.74) is 0. The summed E-state index contributed by atoms with van der Waals surface area (Å²) in [6, 6.07) is -0.0750. The molecule has 1 aliphatic rings. The van der Waals surface area contributed by atoms with Gasteiger partial charge in [-0.3, -0.25) is 0 Å². The fourth-order valence-corrected chi connectivity index (χ4v) is 1.45. The van der Waals surface area contributed by atoms with Gasteiger partial charge in [0.05, 0.1) is 6.10 Å². The molecule has 4 heteroatoms. The molecule has 14 heavy (non-hydrogen) atoms. The van der Waals surface area contributed by atoms with Crippen LogP contribution in [0, 0.1) is 0 Å². The van der Waals surface area contributed by atoms with Gasteiger partial charge in [-0.05, 0) is 19.3 Å². The minimum atomic E-state index is -0.0750. The van der Waals surface area contributed by atoms with E-state index in [1.165, 1.54) is 0 Å². The van der Waals surface area contributed by atoms with E-state index in [1.54, 1.807) is 0 Å². The molecule has 0 spiro atoms. The maximum absolute atomic E-state index is 11.2. The molecule has 4 nitrogen and oxygen atoms in total. The Kier molecular flexibility index (Phi) is 5.37.